The average Bonchev–Trinajstić information content (AvgIpc) is 2.94. The van der Waals surface area contributed by atoms with Crippen LogP contribution in [-0.4, -0.2) is 55.1 Å². The number of primary amides is 1. The molecule has 3 aromatic rings. The van der Waals surface area contributed by atoms with E-state index in [9.17, 15) is 9.59 Å². The van der Waals surface area contributed by atoms with E-state index in [4.69, 9.17) is 20.2 Å². The number of nitrogens with zero attached hydrogens (tertiary/aromatic N) is 3. The highest BCUT2D eigenvalue weighted by Crippen LogP contribution is 2.28. The number of nitrogens with two attached hydrogens (primary N) is 1. The Morgan fingerprint density at radius 1 is 1.13 bits per heavy atom. The lowest BCUT2D eigenvalue weighted by molar-refractivity contribution is -0.120. The molecule has 0 radical (unpaired) electrons. The molecule has 4 rings (SSSR count). The predicted octanol–water partition coefficient (Wildman–Crippen LogP) is 4.71. The highest BCUT2D eigenvalue weighted by Gasteiger charge is 2.25. The first kappa shape index (κ1) is 28.0. The third-order valence-electron chi connectivity index (χ3n) is 6.93. The Kier molecular flexibility index (Phi) is 9.85. The van der Waals surface area contributed by atoms with Gasteiger partial charge < -0.3 is 25.4 Å². The van der Waals surface area contributed by atoms with Crippen molar-refractivity contribution < 1.29 is 19.1 Å². The van der Waals surface area contributed by atoms with Crippen molar-refractivity contribution in [2.24, 2.45) is 11.7 Å². The number of piperidine rings is 1. The van der Waals surface area contributed by atoms with Crippen molar-refractivity contribution >= 4 is 29.0 Å². The SMILES string of the molecule is COCCOc1ccc(Nc2nc(N3CCC[C@@H](CC(=O)C[C@@H](C)c4ccccc4)C3)cnc2C(N)=O)cc1. The highest BCUT2D eigenvalue weighted by atomic mass is 16.5. The lowest BCUT2D eigenvalue weighted by Crippen LogP contribution is -2.37. The Balaban J connectivity index is 1.40. The van der Waals surface area contributed by atoms with Gasteiger partial charge in [-0.15, -0.1) is 0 Å². The number of hydrogen-bond acceptors (Lipinski definition) is 8. The molecule has 9 heteroatoms. The third-order valence-corrected chi connectivity index (χ3v) is 6.93. The molecule has 1 saturated heterocycles. The van der Waals surface area contributed by atoms with E-state index in [-0.39, 0.29) is 23.3 Å². The largest absolute Gasteiger partial charge is 0.491 e. The van der Waals surface area contributed by atoms with E-state index in [0.717, 1.165) is 25.1 Å². The van der Waals surface area contributed by atoms with Crippen LogP contribution in [0.2, 0.25) is 0 Å². The van der Waals surface area contributed by atoms with Gasteiger partial charge in [0.25, 0.3) is 5.91 Å². The van der Waals surface area contributed by atoms with E-state index in [2.05, 4.69) is 34.3 Å². The number of ketones is 1. The first-order valence-corrected chi connectivity index (χ1v) is 13.4. The topological polar surface area (TPSA) is 120 Å². The Labute approximate surface area is 229 Å². The molecule has 1 aliphatic rings. The second-order valence-electron chi connectivity index (χ2n) is 9.99. The number of amides is 1. The molecule has 1 fully saturated rings. The van der Waals surface area contributed by atoms with Crippen LogP contribution in [0.1, 0.15) is 54.6 Å². The minimum atomic E-state index is -0.661. The van der Waals surface area contributed by atoms with Gasteiger partial charge in [0.2, 0.25) is 0 Å². The van der Waals surface area contributed by atoms with Gasteiger partial charge in [0.1, 0.15) is 24.0 Å². The quantitative estimate of drug-likeness (QED) is 0.304. The first-order valence-electron chi connectivity index (χ1n) is 13.4. The molecule has 0 aliphatic carbocycles. The zero-order valence-electron chi connectivity index (χ0n) is 22.6. The molecule has 2 heterocycles. The number of carbonyl (C=O) groups is 2. The fraction of sp³-hybridized carbons (Fsp3) is 0.400. The van der Waals surface area contributed by atoms with Gasteiger partial charge in [-0.05, 0) is 54.5 Å². The standard InChI is InChI=1S/C30H37N5O4/c1-21(23-8-4-3-5-9-23)17-25(36)18-22-7-6-14-35(20-22)27-19-32-28(29(31)37)30(34-27)33-24-10-12-26(13-11-24)39-16-15-38-2/h3-5,8-13,19,21-22H,6-7,14-18,20H2,1-2H3,(H2,31,37)(H,33,34)/t21-,22+/m1/s1. The molecule has 0 spiro atoms. The van der Waals surface area contributed by atoms with Crippen LogP contribution in [-0.2, 0) is 9.53 Å². The number of hydrogen-bond donors (Lipinski definition) is 2. The van der Waals surface area contributed by atoms with Crippen molar-refractivity contribution in [1.29, 1.82) is 0 Å². The van der Waals surface area contributed by atoms with Gasteiger partial charge >= 0.3 is 0 Å². The van der Waals surface area contributed by atoms with Gasteiger partial charge in [-0.2, -0.15) is 0 Å². The smallest absolute Gasteiger partial charge is 0.271 e. The fourth-order valence-corrected chi connectivity index (χ4v) is 4.90. The lowest BCUT2D eigenvalue weighted by Gasteiger charge is -2.33. The summed E-state index contributed by atoms with van der Waals surface area (Å²) in [5.74, 6) is 1.72. The molecule has 1 amide bonds. The maximum atomic E-state index is 12.9. The number of rotatable bonds is 13. The number of ether oxygens (including phenoxy) is 2. The summed E-state index contributed by atoms with van der Waals surface area (Å²) in [7, 11) is 1.62. The first-order chi connectivity index (χ1) is 18.9. The summed E-state index contributed by atoms with van der Waals surface area (Å²) < 4.78 is 10.6. The van der Waals surface area contributed by atoms with Crippen LogP contribution in [0.25, 0.3) is 0 Å². The number of aromatic nitrogens is 2. The molecule has 0 saturated carbocycles. The third kappa shape index (κ3) is 8.00. The molecule has 9 nitrogen and oxygen atoms in total. The molecule has 2 atom stereocenters. The summed E-state index contributed by atoms with van der Waals surface area (Å²) in [6.45, 7) is 4.58. The highest BCUT2D eigenvalue weighted by molar-refractivity contribution is 5.96. The summed E-state index contributed by atoms with van der Waals surface area (Å²) >= 11 is 0. The van der Waals surface area contributed by atoms with Gasteiger partial charge in [0.15, 0.2) is 11.5 Å². The minimum absolute atomic E-state index is 0.0674. The van der Waals surface area contributed by atoms with Crippen molar-refractivity contribution in [3.05, 3.63) is 72.1 Å². The van der Waals surface area contributed by atoms with Crippen molar-refractivity contribution in [2.45, 2.75) is 38.5 Å². The molecule has 206 valence electrons. The van der Waals surface area contributed by atoms with Gasteiger partial charge in [-0.25, -0.2) is 9.97 Å². The number of anilines is 3. The van der Waals surface area contributed by atoms with E-state index in [0.29, 0.717) is 50.0 Å². The fourth-order valence-electron chi connectivity index (χ4n) is 4.90. The van der Waals surface area contributed by atoms with Crippen LogP contribution in [0.5, 0.6) is 5.75 Å². The Hall–Kier alpha value is -3.98. The maximum Gasteiger partial charge on any atom is 0.271 e. The van der Waals surface area contributed by atoms with Crippen LogP contribution < -0.4 is 20.7 Å². The summed E-state index contributed by atoms with van der Waals surface area (Å²) in [6, 6.07) is 17.5. The molecule has 0 bridgehead atoms. The zero-order valence-corrected chi connectivity index (χ0v) is 22.6. The van der Waals surface area contributed by atoms with Crippen molar-refractivity contribution in [3.63, 3.8) is 0 Å². The van der Waals surface area contributed by atoms with Gasteiger partial charge in [-0.3, -0.25) is 9.59 Å². The molecule has 1 aliphatic heterocycles. The Morgan fingerprint density at radius 2 is 1.90 bits per heavy atom. The van der Waals surface area contributed by atoms with E-state index >= 15 is 0 Å². The molecular formula is C30H37N5O4. The monoisotopic (exact) mass is 531 g/mol. The molecule has 39 heavy (non-hydrogen) atoms. The summed E-state index contributed by atoms with van der Waals surface area (Å²) in [4.78, 5) is 36.1. The Morgan fingerprint density at radius 3 is 2.62 bits per heavy atom. The molecular weight excluding hydrogens is 494 g/mol. The number of Topliss-reactive ketones (excluding diaryl/α,β-unsaturated/α-hetero) is 1. The summed E-state index contributed by atoms with van der Waals surface area (Å²) in [5, 5.41) is 3.17. The van der Waals surface area contributed by atoms with Crippen LogP contribution in [0.3, 0.4) is 0 Å². The number of benzene rings is 2. The Bertz CT molecular complexity index is 1240. The van der Waals surface area contributed by atoms with Crippen molar-refractivity contribution in [1.82, 2.24) is 9.97 Å². The lowest BCUT2D eigenvalue weighted by atomic mass is 9.88. The van der Waals surface area contributed by atoms with Gasteiger partial charge in [-0.1, -0.05) is 37.3 Å². The predicted molar refractivity (Wildman–Crippen MR) is 152 cm³/mol. The van der Waals surface area contributed by atoms with E-state index in [1.165, 1.54) is 5.56 Å². The minimum Gasteiger partial charge on any atom is -0.491 e. The van der Waals surface area contributed by atoms with E-state index < -0.39 is 5.91 Å². The van der Waals surface area contributed by atoms with Crippen LogP contribution in [0.15, 0.2) is 60.8 Å². The molecule has 2 aromatic carbocycles. The molecule has 3 N–H and O–H groups in total. The van der Waals surface area contributed by atoms with Crippen LogP contribution >= 0.6 is 0 Å². The van der Waals surface area contributed by atoms with Gasteiger partial charge in [0.05, 0.1) is 12.8 Å². The number of nitrogens with one attached hydrogen (secondary N) is 1. The van der Waals surface area contributed by atoms with E-state index in [1.54, 1.807) is 13.3 Å². The van der Waals surface area contributed by atoms with Crippen molar-refractivity contribution in [3.8, 4) is 5.75 Å². The second-order valence-corrected chi connectivity index (χ2v) is 9.99. The van der Waals surface area contributed by atoms with Crippen molar-refractivity contribution in [2.75, 3.05) is 43.6 Å². The summed E-state index contributed by atoms with van der Waals surface area (Å²) in [6.07, 6.45) is 4.62. The zero-order chi connectivity index (χ0) is 27.6. The maximum absolute atomic E-state index is 12.9. The van der Waals surface area contributed by atoms with Crippen LogP contribution in [0.4, 0.5) is 17.3 Å². The second kappa shape index (κ2) is 13.7. The normalized spacial score (nSPS) is 15.9. The number of carbonyl (C=O) groups excluding carboxylic acids is 2. The van der Waals surface area contributed by atoms with Crippen LogP contribution in [0, 0.1) is 5.92 Å². The van der Waals surface area contributed by atoms with Gasteiger partial charge in [0, 0.05) is 38.7 Å². The van der Waals surface area contributed by atoms with E-state index in [1.807, 2.05) is 42.5 Å². The average molecular weight is 532 g/mol. The molecule has 0 unspecified atom stereocenters. The summed E-state index contributed by atoms with van der Waals surface area (Å²) in [5.41, 5.74) is 7.56. The molecule has 1 aromatic heterocycles. The number of methoxy groups -OCH3 is 1.